The summed E-state index contributed by atoms with van der Waals surface area (Å²) in [4.78, 5) is 16.6. The second kappa shape index (κ2) is 3.00. The number of hydrogen-bond donors (Lipinski definition) is 0. The quantitative estimate of drug-likeness (QED) is 0.668. The number of carbonyl (C=O) groups is 1. The summed E-state index contributed by atoms with van der Waals surface area (Å²) in [6.45, 7) is 10.7. The Labute approximate surface area is 97.8 Å². The molecular formula is C13H22N2O. The first-order valence-corrected chi connectivity index (χ1v) is 6.44. The van der Waals surface area contributed by atoms with Gasteiger partial charge in [-0.3, -0.25) is 9.69 Å². The molecule has 0 unspecified atom stereocenters. The summed E-state index contributed by atoms with van der Waals surface area (Å²) in [6.07, 6.45) is 2.71. The van der Waals surface area contributed by atoms with Gasteiger partial charge in [0.1, 0.15) is 0 Å². The summed E-state index contributed by atoms with van der Waals surface area (Å²) >= 11 is 0. The molecule has 0 aromatic carbocycles. The molecule has 0 aromatic heterocycles. The van der Waals surface area contributed by atoms with Crippen LogP contribution in [0.4, 0.5) is 0 Å². The average molecular weight is 222 g/mol. The second-order valence-corrected chi connectivity index (χ2v) is 6.97. The maximum absolute atomic E-state index is 12.1. The number of likely N-dealkylation sites (tertiary alicyclic amines) is 2. The maximum atomic E-state index is 12.1. The first-order valence-electron chi connectivity index (χ1n) is 6.44. The van der Waals surface area contributed by atoms with Crippen molar-refractivity contribution in [2.24, 2.45) is 11.3 Å². The van der Waals surface area contributed by atoms with Gasteiger partial charge in [-0.1, -0.05) is 0 Å². The Morgan fingerprint density at radius 3 is 2.19 bits per heavy atom. The predicted octanol–water partition coefficient (Wildman–Crippen LogP) is 1.34. The van der Waals surface area contributed by atoms with Crippen molar-refractivity contribution in [3.05, 3.63) is 0 Å². The Kier molecular flexibility index (Phi) is 1.99. The smallest absolute Gasteiger partial charge is 0.228 e. The molecule has 2 aliphatic heterocycles. The fraction of sp³-hybridized carbons (Fsp3) is 0.923. The van der Waals surface area contributed by atoms with E-state index in [1.165, 1.54) is 12.8 Å². The maximum Gasteiger partial charge on any atom is 0.228 e. The molecule has 1 spiro atoms. The number of rotatable bonds is 1. The largest absolute Gasteiger partial charge is 0.341 e. The third-order valence-corrected chi connectivity index (χ3v) is 4.50. The van der Waals surface area contributed by atoms with Gasteiger partial charge in [0.2, 0.25) is 5.91 Å². The van der Waals surface area contributed by atoms with E-state index in [1.54, 1.807) is 0 Å². The van der Waals surface area contributed by atoms with E-state index in [-0.39, 0.29) is 11.5 Å². The Bertz CT molecular complexity index is 313. The molecule has 0 bridgehead atoms. The monoisotopic (exact) mass is 222 g/mol. The van der Waals surface area contributed by atoms with Crippen LogP contribution in [-0.4, -0.2) is 47.4 Å². The Hall–Kier alpha value is -0.570. The Morgan fingerprint density at radius 1 is 1.19 bits per heavy atom. The van der Waals surface area contributed by atoms with Crippen LogP contribution < -0.4 is 0 Å². The van der Waals surface area contributed by atoms with Crippen LogP contribution in [0.3, 0.4) is 0 Å². The number of nitrogens with zero attached hydrogens (tertiary/aromatic N) is 2. The van der Waals surface area contributed by atoms with Crippen molar-refractivity contribution in [3.8, 4) is 0 Å². The lowest BCUT2D eigenvalue weighted by atomic mass is 9.88. The van der Waals surface area contributed by atoms with Crippen LogP contribution >= 0.6 is 0 Å². The van der Waals surface area contributed by atoms with Gasteiger partial charge < -0.3 is 4.90 Å². The lowest BCUT2D eigenvalue weighted by Gasteiger charge is -2.50. The lowest BCUT2D eigenvalue weighted by Crippen LogP contribution is -2.63. The van der Waals surface area contributed by atoms with Gasteiger partial charge in [0.05, 0.1) is 5.92 Å². The van der Waals surface area contributed by atoms with Gasteiger partial charge in [-0.05, 0) is 33.6 Å². The first-order chi connectivity index (χ1) is 7.40. The van der Waals surface area contributed by atoms with Crippen LogP contribution in [0.2, 0.25) is 0 Å². The van der Waals surface area contributed by atoms with Crippen molar-refractivity contribution in [3.63, 3.8) is 0 Å². The van der Waals surface area contributed by atoms with Crippen LogP contribution in [0.15, 0.2) is 0 Å². The SMILES string of the molecule is CC(C)(C)N1CC(C(=O)N2CC3(CC3)C2)C1. The predicted molar refractivity (Wildman–Crippen MR) is 63.1 cm³/mol. The Morgan fingerprint density at radius 2 is 1.75 bits per heavy atom. The fourth-order valence-electron chi connectivity index (χ4n) is 2.85. The topological polar surface area (TPSA) is 23.6 Å². The first kappa shape index (κ1) is 10.6. The van der Waals surface area contributed by atoms with Gasteiger partial charge in [-0.2, -0.15) is 0 Å². The molecule has 3 aliphatic rings. The number of hydrogen-bond acceptors (Lipinski definition) is 2. The fourth-order valence-corrected chi connectivity index (χ4v) is 2.85. The number of amides is 1. The van der Waals surface area contributed by atoms with Gasteiger partial charge in [-0.25, -0.2) is 0 Å². The van der Waals surface area contributed by atoms with Crippen molar-refractivity contribution >= 4 is 5.91 Å². The highest BCUT2D eigenvalue weighted by Crippen LogP contribution is 2.53. The Balaban J connectivity index is 1.48. The summed E-state index contributed by atoms with van der Waals surface area (Å²) in [5, 5.41) is 0. The van der Waals surface area contributed by atoms with E-state index >= 15 is 0 Å². The normalized spacial score (nSPS) is 28.8. The van der Waals surface area contributed by atoms with E-state index in [0.29, 0.717) is 11.3 Å². The van der Waals surface area contributed by atoms with Gasteiger partial charge in [0, 0.05) is 37.1 Å². The molecule has 2 saturated heterocycles. The molecule has 1 amide bonds. The minimum Gasteiger partial charge on any atom is -0.341 e. The summed E-state index contributed by atoms with van der Waals surface area (Å²) in [6, 6.07) is 0. The second-order valence-electron chi connectivity index (χ2n) is 6.97. The molecular weight excluding hydrogens is 200 g/mol. The van der Waals surface area contributed by atoms with Crippen molar-refractivity contribution in [1.29, 1.82) is 0 Å². The molecule has 0 aromatic rings. The van der Waals surface area contributed by atoms with Crippen LogP contribution in [-0.2, 0) is 4.79 Å². The van der Waals surface area contributed by atoms with Crippen LogP contribution in [0, 0.1) is 11.3 Å². The molecule has 1 aliphatic carbocycles. The number of carbonyl (C=O) groups excluding carboxylic acids is 1. The summed E-state index contributed by atoms with van der Waals surface area (Å²) < 4.78 is 0. The zero-order chi connectivity index (χ0) is 11.6. The third kappa shape index (κ3) is 1.56. The van der Waals surface area contributed by atoms with Crippen molar-refractivity contribution in [2.75, 3.05) is 26.2 Å². The molecule has 0 radical (unpaired) electrons. The van der Waals surface area contributed by atoms with Gasteiger partial charge in [-0.15, -0.1) is 0 Å². The zero-order valence-corrected chi connectivity index (χ0v) is 10.6. The molecule has 1 saturated carbocycles. The van der Waals surface area contributed by atoms with E-state index < -0.39 is 0 Å². The molecule has 0 atom stereocenters. The minimum atomic E-state index is 0.226. The molecule has 3 fully saturated rings. The zero-order valence-electron chi connectivity index (χ0n) is 10.6. The highest BCUT2D eigenvalue weighted by atomic mass is 16.2. The van der Waals surface area contributed by atoms with Gasteiger partial charge >= 0.3 is 0 Å². The lowest BCUT2D eigenvalue weighted by molar-refractivity contribution is -0.151. The summed E-state index contributed by atoms with van der Waals surface area (Å²) in [5.74, 6) is 0.702. The molecule has 3 heteroatoms. The molecule has 3 rings (SSSR count). The average Bonchev–Trinajstić information content (AvgIpc) is 2.72. The highest BCUT2D eigenvalue weighted by Gasteiger charge is 2.55. The molecule has 2 heterocycles. The highest BCUT2D eigenvalue weighted by molar-refractivity contribution is 5.81. The van der Waals surface area contributed by atoms with Gasteiger partial charge in [0.15, 0.2) is 0 Å². The van der Waals surface area contributed by atoms with Crippen LogP contribution in [0.25, 0.3) is 0 Å². The molecule has 0 N–H and O–H groups in total. The van der Waals surface area contributed by atoms with Gasteiger partial charge in [0.25, 0.3) is 0 Å². The van der Waals surface area contributed by atoms with E-state index in [2.05, 4.69) is 30.6 Å². The molecule has 90 valence electrons. The van der Waals surface area contributed by atoms with Crippen molar-refractivity contribution in [2.45, 2.75) is 39.2 Å². The third-order valence-electron chi connectivity index (χ3n) is 4.50. The minimum absolute atomic E-state index is 0.226. The molecule has 3 nitrogen and oxygen atoms in total. The summed E-state index contributed by atoms with van der Waals surface area (Å²) in [7, 11) is 0. The van der Waals surface area contributed by atoms with Crippen molar-refractivity contribution in [1.82, 2.24) is 9.80 Å². The van der Waals surface area contributed by atoms with E-state index in [1.807, 2.05) is 0 Å². The van der Waals surface area contributed by atoms with Crippen LogP contribution in [0.5, 0.6) is 0 Å². The van der Waals surface area contributed by atoms with Crippen LogP contribution in [0.1, 0.15) is 33.6 Å². The molecule has 16 heavy (non-hydrogen) atoms. The standard InChI is InChI=1S/C13H22N2O/c1-12(2,3)15-6-10(7-15)11(16)14-8-13(9-14)4-5-13/h10H,4-9H2,1-3H3. The van der Waals surface area contributed by atoms with E-state index in [9.17, 15) is 4.79 Å². The van der Waals surface area contributed by atoms with Crippen molar-refractivity contribution < 1.29 is 4.79 Å². The summed E-state index contributed by atoms with van der Waals surface area (Å²) in [5.41, 5.74) is 0.826. The van der Waals surface area contributed by atoms with E-state index in [0.717, 1.165) is 26.2 Å². The van der Waals surface area contributed by atoms with E-state index in [4.69, 9.17) is 0 Å².